The number of carboxylic acids is 1. The molecule has 1 aromatic carbocycles. The minimum atomic E-state index is -0.886. The number of benzene rings is 1. The van der Waals surface area contributed by atoms with E-state index >= 15 is 0 Å². The molecule has 0 aliphatic heterocycles. The number of hydrogen-bond acceptors (Lipinski definition) is 2. The summed E-state index contributed by atoms with van der Waals surface area (Å²) < 4.78 is 0.836. The van der Waals surface area contributed by atoms with Crippen LogP contribution in [-0.2, 0) is 9.59 Å². The Kier molecular flexibility index (Phi) is 4.67. The number of anilines is 1. The van der Waals surface area contributed by atoms with Crippen molar-refractivity contribution in [2.45, 2.75) is 19.3 Å². The molecule has 0 unspecified atom stereocenters. The van der Waals surface area contributed by atoms with Crippen LogP contribution in [0.4, 0.5) is 5.69 Å². The average molecular weight is 394 g/mol. The SMILES string of the molecule is O=C(O)[C@H]1CCC[C@H]1C(=O)Nc1ccc(Cl)cc1I. The fourth-order valence-electron chi connectivity index (χ4n) is 2.39. The number of rotatable bonds is 3. The number of aliphatic carboxylic acids is 1. The van der Waals surface area contributed by atoms with Crippen LogP contribution in [0.2, 0.25) is 5.02 Å². The molecule has 19 heavy (non-hydrogen) atoms. The second-order valence-corrected chi connectivity index (χ2v) is 6.19. The fraction of sp³-hybridized carbons (Fsp3) is 0.385. The van der Waals surface area contributed by atoms with Gasteiger partial charge >= 0.3 is 5.97 Å². The Hall–Kier alpha value is -0.820. The maximum atomic E-state index is 12.2. The van der Waals surface area contributed by atoms with Crippen molar-refractivity contribution >= 4 is 51.8 Å². The summed E-state index contributed by atoms with van der Waals surface area (Å²) >= 11 is 7.94. The minimum absolute atomic E-state index is 0.217. The third-order valence-corrected chi connectivity index (χ3v) is 4.49. The first-order valence-corrected chi connectivity index (χ1v) is 7.43. The molecule has 1 saturated carbocycles. The molecule has 2 atom stereocenters. The van der Waals surface area contributed by atoms with Crippen LogP contribution < -0.4 is 5.32 Å². The van der Waals surface area contributed by atoms with Gasteiger partial charge in [-0.1, -0.05) is 18.0 Å². The van der Waals surface area contributed by atoms with Gasteiger partial charge in [0.15, 0.2) is 0 Å². The van der Waals surface area contributed by atoms with Crippen LogP contribution in [0.3, 0.4) is 0 Å². The highest BCUT2D eigenvalue weighted by Crippen LogP contribution is 2.33. The van der Waals surface area contributed by atoms with Crippen LogP contribution in [0.1, 0.15) is 19.3 Å². The first-order chi connectivity index (χ1) is 8.99. The number of nitrogens with one attached hydrogen (secondary N) is 1. The lowest BCUT2D eigenvalue weighted by Gasteiger charge is -2.16. The van der Waals surface area contributed by atoms with Crippen LogP contribution in [0.15, 0.2) is 18.2 Å². The van der Waals surface area contributed by atoms with Gasteiger partial charge in [-0.3, -0.25) is 9.59 Å². The largest absolute Gasteiger partial charge is 0.481 e. The number of carbonyl (C=O) groups excluding carboxylic acids is 1. The van der Waals surface area contributed by atoms with E-state index in [4.69, 9.17) is 16.7 Å². The van der Waals surface area contributed by atoms with E-state index in [2.05, 4.69) is 27.9 Å². The lowest BCUT2D eigenvalue weighted by molar-refractivity contribution is -0.145. The molecule has 0 saturated heterocycles. The maximum absolute atomic E-state index is 12.2. The summed E-state index contributed by atoms with van der Waals surface area (Å²) in [5.41, 5.74) is 0.672. The number of hydrogen-bond donors (Lipinski definition) is 2. The summed E-state index contributed by atoms with van der Waals surface area (Å²) in [6.07, 6.45) is 1.99. The fourth-order valence-corrected chi connectivity index (χ4v) is 3.39. The summed E-state index contributed by atoms with van der Waals surface area (Å²) in [6.45, 7) is 0. The van der Waals surface area contributed by atoms with Crippen LogP contribution >= 0.6 is 34.2 Å². The van der Waals surface area contributed by atoms with Crippen molar-refractivity contribution in [3.63, 3.8) is 0 Å². The molecule has 1 aliphatic rings. The van der Waals surface area contributed by atoms with E-state index in [1.807, 2.05) is 0 Å². The molecule has 1 amide bonds. The quantitative estimate of drug-likeness (QED) is 0.774. The Morgan fingerprint density at radius 3 is 2.63 bits per heavy atom. The summed E-state index contributed by atoms with van der Waals surface area (Å²) in [5.74, 6) is -2.11. The highest BCUT2D eigenvalue weighted by atomic mass is 127. The Morgan fingerprint density at radius 2 is 2.00 bits per heavy atom. The molecule has 1 aromatic rings. The molecule has 0 spiro atoms. The van der Waals surface area contributed by atoms with Gasteiger partial charge in [-0.15, -0.1) is 0 Å². The second kappa shape index (κ2) is 6.09. The zero-order valence-corrected chi connectivity index (χ0v) is 12.9. The lowest BCUT2D eigenvalue weighted by Crippen LogP contribution is -2.30. The average Bonchev–Trinajstić information content (AvgIpc) is 2.82. The number of carboxylic acid groups (broad SMARTS) is 1. The molecule has 0 aromatic heterocycles. The van der Waals surface area contributed by atoms with Crippen molar-refractivity contribution in [1.29, 1.82) is 0 Å². The van der Waals surface area contributed by atoms with E-state index < -0.39 is 17.8 Å². The van der Waals surface area contributed by atoms with E-state index in [1.165, 1.54) is 0 Å². The van der Waals surface area contributed by atoms with E-state index in [1.54, 1.807) is 18.2 Å². The van der Waals surface area contributed by atoms with E-state index in [-0.39, 0.29) is 5.91 Å². The lowest BCUT2D eigenvalue weighted by atomic mass is 9.95. The maximum Gasteiger partial charge on any atom is 0.307 e. The molecule has 6 heteroatoms. The van der Waals surface area contributed by atoms with Crippen molar-refractivity contribution in [3.05, 3.63) is 26.8 Å². The highest BCUT2D eigenvalue weighted by molar-refractivity contribution is 14.1. The molecule has 1 aliphatic carbocycles. The van der Waals surface area contributed by atoms with Gasteiger partial charge in [-0.2, -0.15) is 0 Å². The molecule has 0 bridgehead atoms. The summed E-state index contributed by atoms with van der Waals surface area (Å²) in [7, 11) is 0. The van der Waals surface area contributed by atoms with Crippen LogP contribution in [-0.4, -0.2) is 17.0 Å². The van der Waals surface area contributed by atoms with Crippen molar-refractivity contribution in [3.8, 4) is 0 Å². The molecular formula is C13H13ClINO3. The van der Waals surface area contributed by atoms with Crippen LogP contribution in [0.25, 0.3) is 0 Å². The highest BCUT2D eigenvalue weighted by Gasteiger charge is 2.37. The Bertz CT molecular complexity index is 521. The van der Waals surface area contributed by atoms with Gasteiger partial charge in [0.05, 0.1) is 17.5 Å². The third-order valence-electron chi connectivity index (χ3n) is 3.36. The second-order valence-electron chi connectivity index (χ2n) is 4.60. The van der Waals surface area contributed by atoms with E-state index in [0.717, 1.165) is 9.99 Å². The predicted molar refractivity (Wildman–Crippen MR) is 81.3 cm³/mol. The third kappa shape index (κ3) is 3.39. The first kappa shape index (κ1) is 14.6. The summed E-state index contributed by atoms with van der Waals surface area (Å²) in [6, 6.07) is 5.18. The Morgan fingerprint density at radius 1 is 1.32 bits per heavy atom. The van der Waals surface area contributed by atoms with Gasteiger partial charge in [-0.25, -0.2) is 0 Å². The van der Waals surface area contributed by atoms with E-state index in [0.29, 0.717) is 23.6 Å². The molecule has 2 rings (SSSR count). The molecule has 102 valence electrons. The normalized spacial score (nSPS) is 22.2. The number of halogens is 2. The van der Waals surface area contributed by atoms with Crippen molar-refractivity contribution in [2.24, 2.45) is 11.8 Å². The standard InChI is InChI=1S/C13H13ClINO3/c14-7-4-5-11(10(15)6-7)16-12(17)8-2-1-3-9(8)13(18)19/h4-6,8-9H,1-3H2,(H,16,17)(H,18,19)/t8-,9+/m1/s1. The first-order valence-electron chi connectivity index (χ1n) is 5.98. The Balaban J connectivity index is 2.10. The molecule has 0 heterocycles. The van der Waals surface area contributed by atoms with Crippen LogP contribution in [0.5, 0.6) is 0 Å². The van der Waals surface area contributed by atoms with Gasteiger partial charge in [0, 0.05) is 8.59 Å². The van der Waals surface area contributed by atoms with Gasteiger partial charge in [0.1, 0.15) is 0 Å². The Labute approximate surface area is 129 Å². The van der Waals surface area contributed by atoms with Crippen molar-refractivity contribution in [1.82, 2.24) is 0 Å². The van der Waals surface area contributed by atoms with Crippen LogP contribution in [0, 0.1) is 15.4 Å². The van der Waals surface area contributed by atoms with Gasteiger partial charge in [-0.05, 0) is 53.6 Å². The minimum Gasteiger partial charge on any atom is -0.481 e. The zero-order chi connectivity index (χ0) is 14.0. The van der Waals surface area contributed by atoms with E-state index in [9.17, 15) is 9.59 Å². The molecule has 4 nitrogen and oxygen atoms in total. The van der Waals surface area contributed by atoms with Gasteiger partial charge < -0.3 is 10.4 Å². The molecule has 1 fully saturated rings. The summed E-state index contributed by atoms with van der Waals surface area (Å²) in [4.78, 5) is 23.2. The zero-order valence-electron chi connectivity index (χ0n) is 10.0. The molecular weight excluding hydrogens is 381 g/mol. The molecule has 0 radical (unpaired) electrons. The smallest absolute Gasteiger partial charge is 0.307 e. The number of amides is 1. The predicted octanol–water partition coefficient (Wildman–Crippen LogP) is 3.38. The molecule has 2 N–H and O–H groups in total. The van der Waals surface area contributed by atoms with Gasteiger partial charge in [0.2, 0.25) is 5.91 Å². The monoisotopic (exact) mass is 393 g/mol. The topological polar surface area (TPSA) is 66.4 Å². The van der Waals surface area contributed by atoms with Crippen molar-refractivity contribution < 1.29 is 14.7 Å². The number of carbonyl (C=O) groups is 2. The summed E-state index contributed by atoms with van der Waals surface area (Å²) in [5, 5.41) is 12.5. The van der Waals surface area contributed by atoms with Crippen molar-refractivity contribution in [2.75, 3.05) is 5.32 Å². The van der Waals surface area contributed by atoms with Gasteiger partial charge in [0.25, 0.3) is 0 Å².